The van der Waals surface area contributed by atoms with E-state index in [2.05, 4.69) is 0 Å². The third-order valence-corrected chi connectivity index (χ3v) is 6.70. The zero-order valence-electron chi connectivity index (χ0n) is 14.3. The molecule has 0 spiro atoms. The van der Waals surface area contributed by atoms with Gasteiger partial charge in [0, 0.05) is 32.3 Å². The molecule has 0 bridgehead atoms. The zero-order chi connectivity index (χ0) is 18.0. The van der Waals surface area contributed by atoms with Crippen molar-refractivity contribution in [2.75, 3.05) is 33.4 Å². The average molecular weight is 368 g/mol. The van der Waals surface area contributed by atoms with E-state index in [-0.39, 0.29) is 23.4 Å². The molecule has 8 heteroatoms. The molecule has 2 atom stereocenters. The normalized spacial score (nSPS) is 24.8. The molecule has 0 unspecified atom stereocenters. The Morgan fingerprint density at radius 1 is 1.32 bits per heavy atom. The molecule has 0 aromatic heterocycles. The predicted molar refractivity (Wildman–Crippen MR) is 91.8 cm³/mol. The molecule has 0 saturated carbocycles. The number of nitrogens with zero attached hydrogens (tertiary/aromatic N) is 2. The quantitative estimate of drug-likeness (QED) is 0.826. The van der Waals surface area contributed by atoms with Crippen LogP contribution in [0.1, 0.15) is 29.6 Å². The van der Waals surface area contributed by atoms with Gasteiger partial charge in [0.1, 0.15) is 0 Å². The Kier molecular flexibility index (Phi) is 5.43. The molecular formula is C17H24N2O5S. The van der Waals surface area contributed by atoms with Gasteiger partial charge >= 0.3 is 0 Å². The van der Waals surface area contributed by atoms with Gasteiger partial charge in [-0.05, 0) is 37.5 Å². The highest BCUT2D eigenvalue weighted by Crippen LogP contribution is 2.24. The van der Waals surface area contributed by atoms with Crippen molar-refractivity contribution >= 4 is 15.9 Å². The molecule has 2 heterocycles. The van der Waals surface area contributed by atoms with Gasteiger partial charge < -0.3 is 14.7 Å². The molecule has 7 nitrogen and oxygen atoms in total. The number of β-amino-alcohol motifs (C(OH)–C–C–N with tert-alkyl or cyclic N) is 1. The fraction of sp³-hybridized carbons (Fsp3) is 0.588. The second-order valence-electron chi connectivity index (χ2n) is 6.58. The van der Waals surface area contributed by atoms with Gasteiger partial charge in [-0.1, -0.05) is 6.07 Å². The van der Waals surface area contributed by atoms with Gasteiger partial charge in [-0.15, -0.1) is 0 Å². The highest BCUT2D eigenvalue weighted by molar-refractivity contribution is 7.89. The van der Waals surface area contributed by atoms with Crippen molar-refractivity contribution in [3.63, 3.8) is 0 Å². The summed E-state index contributed by atoms with van der Waals surface area (Å²) in [5.41, 5.74) is 0.365. The highest BCUT2D eigenvalue weighted by Gasteiger charge is 2.33. The maximum atomic E-state index is 12.8. The van der Waals surface area contributed by atoms with E-state index in [1.54, 1.807) is 24.1 Å². The van der Waals surface area contributed by atoms with Crippen molar-refractivity contribution in [1.29, 1.82) is 0 Å². The maximum absolute atomic E-state index is 12.8. The summed E-state index contributed by atoms with van der Waals surface area (Å²) in [6.45, 7) is 1.53. The number of likely N-dealkylation sites (tertiary alicyclic amines) is 1. The number of carbonyl (C=O) groups excluding carboxylic acids is 1. The molecule has 1 aromatic rings. The summed E-state index contributed by atoms with van der Waals surface area (Å²) in [6, 6.07) is 6.19. The molecule has 0 radical (unpaired) electrons. The second kappa shape index (κ2) is 7.41. The summed E-state index contributed by atoms with van der Waals surface area (Å²) in [4.78, 5) is 14.7. The minimum atomic E-state index is -3.70. The van der Waals surface area contributed by atoms with E-state index in [1.165, 1.54) is 16.4 Å². The summed E-state index contributed by atoms with van der Waals surface area (Å²) < 4.78 is 31.9. The van der Waals surface area contributed by atoms with Crippen molar-refractivity contribution in [2.45, 2.75) is 36.3 Å². The number of rotatable bonds is 5. The smallest absolute Gasteiger partial charge is 0.254 e. The second-order valence-corrected chi connectivity index (χ2v) is 8.52. The lowest BCUT2D eigenvalue weighted by Crippen LogP contribution is -2.38. The molecule has 25 heavy (non-hydrogen) atoms. The minimum absolute atomic E-state index is 0.0338. The maximum Gasteiger partial charge on any atom is 0.254 e. The lowest BCUT2D eigenvalue weighted by Gasteiger charge is -2.24. The molecule has 0 aliphatic carbocycles. The average Bonchev–Trinajstić information content (AvgIpc) is 3.24. The SMILES string of the molecule is COC[C@@H]1CCCN1C(=O)c1cccc(S(=O)(=O)N2CC[C@@H](O)C2)c1. The van der Waals surface area contributed by atoms with E-state index in [9.17, 15) is 18.3 Å². The van der Waals surface area contributed by atoms with Gasteiger partial charge in [0.15, 0.2) is 0 Å². The first-order chi connectivity index (χ1) is 11.9. The number of aliphatic hydroxyl groups is 1. The van der Waals surface area contributed by atoms with Crippen LogP contribution >= 0.6 is 0 Å². The standard InChI is InChI=1S/C17H24N2O5S/c1-24-12-14-5-3-8-19(14)17(21)13-4-2-6-16(10-13)25(22,23)18-9-7-15(20)11-18/h2,4,6,10,14-15,20H,3,5,7-9,11-12H2,1H3/t14-,15+/m0/s1. The van der Waals surface area contributed by atoms with Crippen molar-refractivity contribution in [3.05, 3.63) is 29.8 Å². The summed E-state index contributed by atoms with van der Waals surface area (Å²) in [6.07, 6.45) is 1.62. The number of amides is 1. The predicted octanol–water partition coefficient (Wildman–Crippen LogP) is 0.693. The Morgan fingerprint density at radius 2 is 2.12 bits per heavy atom. The molecule has 1 amide bonds. The van der Waals surface area contributed by atoms with E-state index in [0.717, 1.165) is 12.8 Å². The molecule has 138 valence electrons. The van der Waals surface area contributed by atoms with Crippen LogP contribution in [0.2, 0.25) is 0 Å². The molecule has 1 aromatic carbocycles. The van der Waals surface area contributed by atoms with Gasteiger partial charge in [-0.25, -0.2) is 8.42 Å². The number of aliphatic hydroxyl groups excluding tert-OH is 1. The van der Waals surface area contributed by atoms with Crippen LogP contribution in [0, 0.1) is 0 Å². The van der Waals surface area contributed by atoms with Crippen molar-refractivity contribution < 1.29 is 23.1 Å². The van der Waals surface area contributed by atoms with Crippen LogP contribution in [0.25, 0.3) is 0 Å². The monoisotopic (exact) mass is 368 g/mol. The van der Waals surface area contributed by atoms with E-state index in [1.807, 2.05) is 0 Å². The van der Waals surface area contributed by atoms with Gasteiger partial charge in [-0.2, -0.15) is 4.31 Å². The third-order valence-electron chi connectivity index (χ3n) is 4.84. The lowest BCUT2D eigenvalue weighted by molar-refractivity contribution is 0.0630. The number of carbonyl (C=O) groups is 1. The number of hydrogen-bond donors (Lipinski definition) is 1. The summed E-state index contributed by atoms with van der Waals surface area (Å²) in [5.74, 6) is -0.168. The highest BCUT2D eigenvalue weighted by atomic mass is 32.2. The number of sulfonamides is 1. The van der Waals surface area contributed by atoms with E-state index in [4.69, 9.17) is 4.74 Å². The topological polar surface area (TPSA) is 87.2 Å². The van der Waals surface area contributed by atoms with Crippen LogP contribution in [0.3, 0.4) is 0 Å². The third kappa shape index (κ3) is 3.72. The minimum Gasteiger partial charge on any atom is -0.392 e. The van der Waals surface area contributed by atoms with Crippen LogP contribution in [0.15, 0.2) is 29.2 Å². The molecule has 2 fully saturated rings. The molecule has 2 saturated heterocycles. The zero-order valence-corrected chi connectivity index (χ0v) is 15.1. The molecular weight excluding hydrogens is 344 g/mol. The van der Waals surface area contributed by atoms with Gasteiger partial charge in [-0.3, -0.25) is 4.79 Å². The van der Waals surface area contributed by atoms with Gasteiger partial charge in [0.05, 0.1) is 23.6 Å². The van der Waals surface area contributed by atoms with Crippen LogP contribution in [-0.4, -0.2) is 74.1 Å². The molecule has 1 N–H and O–H groups in total. The Labute approximate surface area is 148 Å². The Hall–Kier alpha value is -1.48. The summed E-state index contributed by atoms with van der Waals surface area (Å²) >= 11 is 0. The summed E-state index contributed by atoms with van der Waals surface area (Å²) in [5, 5.41) is 9.60. The van der Waals surface area contributed by atoms with Crippen LogP contribution < -0.4 is 0 Å². The number of benzene rings is 1. The van der Waals surface area contributed by atoms with E-state index >= 15 is 0 Å². The first kappa shape index (κ1) is 18.3. The largest absolute Gasteiger partial charge is 0.392 e. The first-order valence-electron chi connectivity index (χ1n) is 8.51. The van der Waals surface area contributed by atoms with Gasteiger partial charge in [0.25, 0.3) is 5.91 Å². The molecule has 2 aliphatic rings. The first-order valence-corrected chi connectivity index (χ1v) is 9.95. The number of ether oxygens (including phenoxy) is 1. The number of methoxy groups -OCH3 is 1. The van der Waals surface area contributed by atoms with E-state index < -0.39 is 16.1 Å². The van der Waals surface area contributed by atoms with Gasteiger partial charge in [0.2, 0.25) is 10.0 Å². The van der Waals surface area contributed by atoms with Crippen LogP contribution in [0.5, 0.6) is 0 Å². The molecule has 3 rings (SSSR count). The Balaban J connectivity index is 1.83. The van der Waals surface area contributed by atoms with E-state index in [0.29, 0.717) is 31.7 Å². The van der Waals surface area contributed by atoms with Crippen LogP contribution in [0.4, 0.5) is 0 Å². The van der Waals surface area contributed by atoms with Crippen molar-refractivity contribution in [2.24, 2.45) is 0 Å². The number of hydrogen-bond acceptors (Lipinski definition) is 5. The fourth-order valence-electron chi connectivity index (χ4n) is 3.50. The lowest BCUT2D eigenvalue weighted by atomic mass is 10.2. The van der Waals surface area contributed by atoms with Crippen molar-refractivity contribution in [1.82, 2.24) is 9.21 Å². The fourth-order valence-corrected chi connectivity index (χ4v) is 5.04. The molecule has 2 aliphatic heterocycles. The Bertz CT molecular complexity index is 736. The van der Waals surface area contributed by atoms with Crippen LogP contribution in [-0.2, 0) is 14.8 Å². The Morgan fingerprint density at radius 3 is 2.80 bits per heavy atom. The summed E-state index contributed by atoms with van der Waals surface area (Å²) in [7, 11) is -2.09. The van der Waals surface area contributed by atoms with Crippen molar-refractivity contribution in [3.8, 4) is 0 Å².